The number of morpholine rings is 1. The van der Waals surface area contributed by atoms with E-state index in [-0.39, 0.29) is 24.2 Å². The molecule has 184 valence electrons. The third kappa shape index (κ3) is 4.85. The fraction of sp³-hybridized carbons (Fsp3) is 0.630. The lowest BCUT2D eigenvalue weighted by Gasteiger charge is -2.35. The monoisotopic (exact) mass is 485 g/mol. The van der Waals surface area contributed by atoms with Gasteiger partial charge in [-0.25, -0.2) is 0 Å². The molecule has 2 aliphatic carbocycles. The fourth-order valence-electron chi connectivity index (χ4n) is 5.90. The predicted molar refractivity (Wildman–Crippen MR) is 133 cm³/mol. The number of amides is 1. The van der Waals surface area contributed by atoms with Gasteiger partial charge in [0.15, 0.2) is 5.69 Å². The fourth-order valence-corrected chi connectivity index (χ4v) is 6.06. The summed E-state index contributed by atoms with van der Waals surface area (Å²) in [5.74, 6) is 1.54. The van der Waals surface area contributed by atoms with E-state index in [4.69, 9.17) is 26.2 Å². The van der Waals surface area contributed by atoms with Crippen LogP contribution in [0, 0.1) is 12.8 Å². The second-order valence-electron chi connectivity index (χ2n) is 10.4. The molecule has 0 radical (unpaired) electrons. The normalized spacial score (nSPS) is 27.0. The van der Waals surface area contributed by atoms with Crippen molar-refractivity contribution in [2.75, 3.05) is 13.1 Å². The second kappa shape index (κ2) is 9.90. The molecular weight excluding hydrogens is 450 g/mol. The Morgan fingerprint density at radius 1 is 1.15 bits per heavy atom. The molecule has 0 N–H and O–H groups in total. The van der Waals surface area contributed by atoms with Gasteiger partial charge in [0.25, 0.3) is 5.91 Å². The van der Waals surface area contributed by atoms with Gasteiger partial charge in [-0.05, 0) is 83.8 Å². The number of hydrogen-bond donors (Lipinski definition) is 0. The van der Waals surface area contributed by atoms with Crippen molar-refractivity contribution < 1.29 is 14.3 Å². The van der Waals surface area contributed by atoms with Gasteiger partial charge >= 0.3 is 0 Å². The molecule has 1 saturated carbocycles. The maximum atomic E-state index is 13.4. The first kappa shape index (κ1) is 23.7. The van der Waals surface area contributed by atoms with Gasteiger partial charge in [-0.3, -0.25) is 9.48 Å². The van der Waals surface area contributed by atoms with Gasteiger partial charge in [-0.15, -0.1) is 0 Å². The van der Waals surface area contributed by atoms with Crippen LogP contribution in [0.4, 0.5) is 0 Å². The maximum Gasteiger partial charge on any atom is 0.274 e. The van der Waals surface area contributed by atoms with E-state index in [9.17, 15) is 4.79 Å². The number of nitrogens with zero attached hydrogens (tertiary/aromatic N) is 3. The van der Waals surface area contributed by atoms with E-state index < -0.39 is 0 Å². The standard InChI is InChI=1S/C27H36ClN3O3/c1-17-14-30(15-18(2)33-17)27(32)26-22-6-4-8-24(22)31(29-26)16-20-10-12-21(13-11-20)34-25-9-5-7-23(28)19(25)3/h5,7,9,17-18,20-21H,4,6,8,10-16H2,1-3H3/t17-,18+,20?,21?. The minimum absolute atomic E-state index is 0.0657. The number of fused-ring (bicyclic) bond motifs is 1. The Morgan fingerprint density at radius 2 is 1.88 bits per heavy atom. The Kier molecular flexibility index (Phi) is 6.90. The van der Waals surface area contributed by atoms with Gasteiger partial charge in [0, 0.05) is 41.5 Å². The van der Waals surface area contributed by atoms with Crippen LogP contribution in [-0.4, -0.2) is 52.0 Å². The van der Waals surface area contributed by atoms with Crippen LogP contribution in [0.5, 0.6) is 5.75 Å². The quantitative estimate of drug-likeness (QED) is 0.582. The van der Waals surface area contributed by atoms with E-state index in [1.54, 1.807) is 0 Å². The Morgan fingerprint density at radius 3 is 2.62 bits per heavy atom. The summed E-state index contributed by atoms with van der Waals surface area (Å²) in [6.07, 6.45) is 7.77. The number of carbonyl (C=O) groups is 1. The van der Waals surface area contributed by atoms with Crippen molar-refractivity contribution >= 4 is 17.5 Å². The van der Waals surface area contributed by atoms with Gasteiger partial charge in [0.1, 0.15) is 5.75 Å². The third-order valence-corrected chi connectivity index (χ3v) is 8.06. The van der Waals surface area contributed by atoms with E-state index in [2.05, 4.69) is 4.68 Å². The number of benzene rings is 1. The van der Waals surface area contributed by atoms with E-state index >= 15 is 0 Å². The van der Waals surface area contributed by atoms with Crippen molar-refractivity contribution in [3.63, 3.8) is 0 Å². The highest BCUT2D eigenvalue weighted by Gasteiger charge is 2.33. The minimum atomic E-state index is 0.0657. The van der Waals surface area contributed by atoms with Crippen molar-refractivity contribution in [1.82, 2.24) is 14.7 Å². The predicted octanol–water partition coefficient (Wildman–Crippen LogP) is 5.22. The smallest absolute Gasteiger partial charge is 0.274 e. The number of aromatic nitrogens is 2. The maximum absolute atomic E-state index is 13.4. The van der Waals surface area contributed by atoms with Gasteiger partial charge in [-0.1, -0.05) is 17.7 Å². The highest BCUT2D eigenvalue weighted by atomic mass is 35.5. The molecule has 34 heavy (non-hydrogen) atoms. The zero-order valence-corrected chi connectivity index (χ0v) is 21.3. The van der Waals surface area contributed by atoms with E-state index in [0.29, 0.717) is 24.7 Å². The van der Waals surface area contributed by atoms with Crippen LogP contribution in [0.1, 0.15) is 73.3 Å². The van der Waals surface area contributed by atoms with Crippen molar-refractivity contribution in [2.45, 2.75) is 90.6 Å². The molecule has 5 rings (SSSR count). The SMILES string of the molecule is Cc1c(Cl)cccc1OC1CCC(Cn2nc(C(=O)N3C[C@@H](C)O[C@@H](C)C3)c3c2CCC3)CC1. The number of carbonyl (C=O) groups excluding carboxylic acids is 1. The lowest BCUT2D eigenvalue weighted by atomic mass is 9.87. The number of hydrogen-bond acceptors (Lipinski definition) is 4. The van der Waals surface area contributed by atoms with Gasteiger partial charge < -0.3 is 14.4 Å². The largest absolute Gasteiger partial charge is 0.490 e. The summed E-state index contributed by atoms with van der Waals surface area (Å²) in [7, 11) is 0. The molecule has 2 aromatic rings. The van der Waals surface area contributed by atoms with Crippen LogP contribution >= 0.6 is 11.6 Å². The third-order valence-electron chi connectivity index (χ3n) is 7.65. The van der Waals surface area contributed by atoms with E-state index in [1.165, 1.54) is 11.3 Å². The number of rotatable bonds is 5. The Labute approximate surface area is 207 Å². The number of ether oxygens (including phenoxy) is 2. The molecule has 2 heterocycles. The average molecular weight is 486 g/mol. The zero-order chi connectivity index (χ0) is 23.8. The highest BCUT2D eigenvalue weighted by molar-refractivity contribution is 6.31. The molecule has 7 heteroatoms. The van der Waals surface area contributed by atoms with Gasteiger partial charge in [0.05, 0.1) is 18.3 Å². The summed E-state index contributed by atoms with van der Waals surface area (Å²) in [6, 6.07) is 5.86. The van der Waals surface area contributed by atoms with Crippen LogP contribution < -0.4 is 4.74 Å². The highest BCUT2D eigenvalue weighted by Crippen LogP contribution is 2.33. The first-order valence-corrected chi connectivity index (χ1v) is 13.2. The van der Waals surface area contributed by atoms with Crippen LogP contribution in [0.15, 0.2) is 18.2 Å². The van der Waals surface area contributed by atoms with Crippen LogP contribution in [0.2, 0.25) is 5.02 Å². The van der Waals surface area contributed by atoms with Crippen LogP contribution in [-0.2, 0) is 24.1 Å². The topological polar surface area (TPSA) is 56.6 Å². The van der Waals surface area contributed by atoms with Crippen molar-refractivity contribution in [1.29, 1.82) is 0 Å². The second-order valence-corrected chi connectivity index (χ2v) is 10.8. The van der Waals surface area contributed by atoms with Crippen molar-refractivity contribution in [2.24, 2.45) is 5.92 Å². The molecule has 6 nitrogen and oxygen atoms in total. The zero-order valence-electron chi connectivity index (χ0n) is 20.6. The van der Waals surface area contributed by atoms with E-state index in [1.807, 2.05) is 43.9 Å². The minimum Gasteiger partial charge on any atom is -0.490 e. The van der Waals surface area contributed by atoms with E-state index in [0.717, 1.165) is 67.8 Å². The molecule has 1 aliphatic heterocycles. The first-order chi connectivity index (χ1) is 16.4. The van der Waals surface area contributed by atoms with Gasteiger partial charge in [-0.2, -0.15) is 5.10 Å². The Bertz CT molecular complexity index is 1030. The van der Waals surface area contributed by atoms with Crippen molar-refractivity contribution in [3.8, 4) is 5.75 Å². The summed E-state index contributed by atoms with van der Waals surface area (Å²) < 4.78 is 14.3. The summed E-state index contributed by atoms with van der Waals surface area (Å²) in [5, 5.41) is 5.65. The molecule has 1 aromatic heterocycles. The number of halogens is 1. The molecule has 0 bridgehead atoms. The molecule has 0 unspecified atom stereocenters. The average Bonchev–Trinajstić information content (AvgIpc) is 3.41. The van der Waals surface area contributed by atoms with Crippen LogP contribution in [0.3, 0.4) is 0 Å². The molecule has 2 fully saturated rings. The lowest BCUT2D eigenvalue weighted by molar-refractivity contribution is -0.0587. The molecule has 1 aromatic carbocycles. The molecule has 2 atom stereocenters. The molecule has 1 amide bonds. The first-order valence-electron chi connectivity index (χ1n) is 12.8. The molecule has 0 spiro atoms. The molecule has 1 saturated heterocycles. The Hall–Kier alpha value is -2.05. The molecule has 3 aliphatic rings. The van der Waals surface area contributed by atoms with Gasteiger partial charge in [0.2, 0.25) is 0 Å². The summed E-state index contributed by atoms with van der Waals surface area (Å²) >= 11 is 6.26. The van der Waals surface area contributed by atoms with Crippen molar-refractivity contribution in [3.05, 3.63) is 45.7 Å². The summed E-state index contributed by atoms with van der Waals surface area (Å²) in [5.41, 5.74) is 4.16. The molecular formula is C27H36ClN3O3. The Balaban J connectivity index is 1.23. The summed E-state index contributed by atoms with van der Waals surface area (Å²) in [4.78, 5) is 15.3. The summed E-state index contributed by atoms with van der Waals surface area (Å²) in [6.45, 7) is 8.26. The lowest BCUT2D eigenvalue weighted by Crippen LogP contribution is -2.48. The van der Waals surface area contributed by atoms with Crippen LogP contribution in [0.25, 0.3) is 0 Å².